The van der Waals surface area contributed by atoms with Crippen LogP contribution in [0.2, 0.25) is 0 Å². The normalized spacial score (nSPS) is 14.4. The smallest absolute Gasteiger partial charge is 0.368 e. The summed E-state index contributed by atoms with van der Waals surface area (Å²) in [7, 11) is 0. The summed E-state index contributed by atoms with van der Waals surface area (Å²) in [5.41, 5.74) is 2.05. The van der Waals surface area contributed by atoms with Crippen molar-refractivity contribution in [3.63, 3.8) is 0 Å². The number of carbonyl (C=O) groups is 2. The number of nitrogens with zero attached hydrogens (tertiary/aromatic N) is 3. The summed E-state index contributed by atoms with van der Waals surface area (Å²) < 4.78 is 79.7. The largest absolute Gasteiger partial charge is 0.416 e. The van der Waals surface area contributed by atoms with Gasteiger partial charge in [-0.2, -0.15) is 26.3 Å². The van der Waals surface area contributed by atoms with E-state index in [0.29, 0.717) is 24.3 Å². The number of amides is 2. The van der Waals surface area contributed by atoms with Crippen LogP contribution in [0.25, 0.3) is 6.08 Å². The molecule has 4 aromatic rings. The minimum Gasteiger partial charge on any atom is -0.368 e. The van der Waals surface area contributed by atoms with Gasteiger partial charge in [0.1, 0.15) is 6.04 Å². The van der Waals surface area contributed by atoms with E-state index < -0.39 is 35.4 Å². The van der Waals surface area contributed by atoms with E-state index in [9.17, 15) is 35.9 Å². The molecule has 4 aromatic carbocycles. The number of piperazine rings is 1. The lowest BCUT2D eigenvalue weighted by Crippen LogP contribution is -2.56. The first-order valence-electron chi connectivity index (χ1n) is 17.8. The van der Waals surface area contributed by atoms with Crippen LogP contribution in [0.5, 0.6) is 0 Å². The fraction of sp³-hybridized carbons (Fsp3) is 0.333. The molecule has 1 atom stereocenters. The molecular formula is C42H43F6N3O2. The molecule has 53 heavy (non-hydrogen) atoms. The van der Waals surface area contributed by atoms with E-state index in [1.807, 2.05) is 59.5 Å². The van der Waals surface area contributed by atoms with Crippen LogP contribution in [0.4, 0.5) is 32.0 Å². The molecule has 5 nitrogen and oxygen atoms in total. The van der Waals surface area contributed by atoms with Gasteiger partial charge >= 0.3 is 12.4 Å². The molecule has 5 rings (SSSR count). The lowest BCUT2D eigenvalue weighted by atomic mass is 10.0. The van der Waals surface area contributed by atoms with Gasteiger partial charge in [0.25, 0.3) is 0 Å². The number of benzene rings is 4. The minimum absolute atomic E-state index is 0.0961. The maximum Gasteiger partial charge on any atom is 0.416 e. The quantitative estimate of drug-likeness (QED) is 0.0781. The highest BCUT2D eigenvalue weighted by molar-refractivity contribution is 5.96. The van der Waals surface area contributed by atoms with Crippen LogP contribution in [-0.2, 0) is 41.3 Å². The number of rotatable bonds is 13. The molecule has 11 heteroatoms. The van der Waals surface area contributed by atoms with Gasteiger partial charge in [0.05, 0.1) is 11.1 Å². The van der Waals surface area contributed by atoms with Gasteiger partial charge in [-0.3, -0.25) is 9.59 Å². The van der Waals surface area contributed by atoms with Crippen molar-refractivity contribution >= 4 is 23.6 Å². The van der Waals surface area contributed by atoms with Crippen molar-refractivity contribution in [3.8, 4) is 0 Å². The number of hydrogen-bond donors (Lipinski definition) is 0. The van der Waals surface area contributed by atoms with Crippen LogP contribution in [0.15, 0.2) is 109 Å². The first-order chi connectivity index (χ1) is 25.3. The van der Waals surface area contributed by atoms with E-state index in [1.54, 1.807) is 11.0 Å². The lowest BCUT2D eigenvalue weighted by molar-refractivity contribution is -0.144. The van der Waals surface area contributed by atoms with Gasteiger partial charge in [-0.25, -0.2) is 0 Å². The number of hydrogen-bond acceptors (Lipinski definition) is 3. The Bertz CT molecular complexity index is 1820. The summed E-state index contributed by atoms with van der Waals surface area (Å²) in [6.45, 7) is 3.30. The van der Waals surface area contributed by atoms with Crippen LogP contribution in [0.3, 0.4) is 0 Å². The molecule has 0 N–H and O–H groups in total. The predicted octanol–water partition coefficient (Wildman–Crippen LogP) is 9.46. The molecule has 0 spiro atoms. The molecule has 1 fully saturated rings. The maximum absolute atomic E-state index is 14.5. The Kier molecular flexibility index (Phi) is 13.0. The number of halogens is 6. The SMILES string of the molecule is CCCCCc1ccc(CN(C(=O)C=Cc2ccc(C(F)(F)F)cc2)[C@@H](Cc2ccccc2)C(=O)N2CCN(c3cccc(C(F)(F)F)c3)CC2)cc1. The van der Waals surface area contributed by atoms with Gasteiger partial charge in [0, 0.05) is 50.9 Å². The molecule has 280 valence electrons. The Morgan fingerprint density at radius 2 is 1.36 bits per heavy atom. The summed E-state index contributed by atoms with van der Waals surface area (Å²) in [4.78, 5) is 33.6. The second kappa shape index (κ2) is 17.6. The Morgan fingerprint density at radius 1 is 0.717 bits per heavy atom. The summed E-state index contributed by atoms with van der Waals surface area (Å²) in [5.74, 6) is -0.793. The van der Waals surface area contributed by atoms with E-state index in [-0.39, 0.29) is 32.0 Å². The maximum atomic E-state index is 14.5. The average Bonchev–Trinajstić information content (AvgIpc) is 3.15. The third kappa shape index (κ3) is 11.0. The van der Waals surface area contributed by atoms with Crippen LogP contribution >= 0.6 is 0 Å². The van der Waals surface area contributed by atoms with Gasteiger partial charge in [-0.1, -0.05) is 92.6 Å². The summed E-state index contributed by atoms with van der Waals surface area (Å²) >= 11 is 0. The number of anilines is 1. The first-order valence-corrected chi connectivity index (χ1v) is 17.8. The Balaban J connectivity index is 1.42. The molecule has 0 bridgehead atoms. The average molecular weight is 736 g/mol. The van der Waals surface area contributed by atoms with E-state index >= 15 is 0 Å². The van der Waals surface area contributed by atoms with Crippen LogP contribution in [0, 0.1) is 0 Å². The van der Waals surface area contributed by atoms with Crippen molar-refractivity contribution in [2.45, 2.75) is 64.0 Å². The van der Waals surface area contributed by atoms with Crippen molar-refractivity contribution in [1.82, 2.24) is 9.80 Å². The highest BCUT2D eigenvalue weighted by Gasteiger charge is 2.35. The molecular weight excluding hydrogens is 692 g/mol. The molecule has 0 saturated carbocycles. The third-order valence-corrected chi connectivity index (χ3v) is 9.45. The number of unbranched alkanes of at least 4 members (excludes halogenated alkanes) is 2. The molecule has 1 heterocycles. The van der Waals surface area contributed by atoms with E-state index in [0.717, 1.165) is 66.6 Å². The van der Waals surface area contributed by atoms with Crippen LogP contribution in [0.1, 0.15) is 59.6 Å². The molecule has 0 aliphatic carbocycles. The molecule has 2 amide bonds. The highest BCUT2D eigenvalue weighted by atomic mass is 19.4. The Labute approximate surface area is 306 Å². The third-order valence-electron chi connectivity index (χ3n) is 9.45. The van der Waals surface area contributed by atoms with Crippen LogP contribution in [-0.4, -0.2) is 53.8 Å². The first kappa shape index (κ1) is 39.2. The Hall–Kier alpha value is -5.06. The van der Waals surface area contributed by atoms with Crippen molar-refractivity contribution in [2.75, 3.05) is 31.1 Å². The van der Waals surface area contributed by atoms with Crippen molar-refractivity contribution in [1.29, 1.82) is 0 Å². The fourth-order valence-corrected chi connectivity index (χ4v) is 6.42. The zero-order chi connectivity index (χ0) is 38.0. The molecule has 0 radical (unpaired) electrons. The zero-order valence-electron chi connectivity index (χ0n) is 29.5. The summed E-state index contributed by atoms with van der Waals surface area (Å²) in [6, 6.07) is 25.8. The van der Waals surface area contributed by atoms with Crippen molar-refractivity contribution in [2.24, 2.45) is 0 Å². The second-order valence-corrected chi connectivity index (χ2v) is 13.3. The van der Waals surface area contributed by atoms with E-state index in [2.05, 4.69) is 6.92 Å². The van der Waals surface area contributed by atoms with Crippen molar-refractivity contribution in [3.05, 3.63) is 143 Å². The van der Waals surface area contributed by atoms with Crippen LogP contribution < -0.4 is 4.90 Å². The van der Waals surface area contributed by atoms with Gasteiger partial charge in [0.15, 0.2) is 0 Å². The monoisotopic (exact) mass is 735 g/mol. The minimum atomic E-state index is -4.50. The standard InChI is InChI=1S/C42H43F6N3O2/c1-2-3-5-9-31-14-16-34(17-15-31)30-51(39(52)23-20-32-18-21-35(22-19-32)41(43,44)45)38(28-33-10-6-4-7-11-33)40(53)50-26-24-49(25-27-50)37-13-8-12-36(29-37)42(46,47)48/h4,6-8,10-23,29,38H,2-3,5,9,24-28,30H2,1H3/t38-/m0/s1. The molecule has 1 aliphatic rings. The van der Waals surface area contributed by atoms with E-state index in [1.165, 1.54) is 35.3 Å². The van der Waals surface area contributed by atoms with Gasteiger partial charge in [0.2, 0.25) is 11.8 Å². The van der Waals surface area contributed by atoms with Gasteiger partial charge in [-0.05, 0) is 71.5 Å². The number of carbonyl (C=O) groups excluding carboxylic acids is 2. The topological polar surface area (TPSA) is 43.9 Å². The van der Waals surface area contributed by atoms with Gasteiger partial charge < -0.3 is 14.7 Å². The summed E-state index contributed by atoms with van der Waals surface area (Å²) in [6.07, 6.45) is -1.86. The molecule has 0 unspecified atom stereocenters. The fourth-order valence-electron chi connectivity index (χ4n) is 6.42. The van der Waals surface area contributed by atoms with Crippen molar-refractivity contribution < 1.29 is 35.9 Å². The number of aryl methyl sites for hydroxylation is 1. The van der Waals surface area contributed by atoms with E-state index in [4.69, 9.17) is 0 Å². The molecule has 1 aliphatic heterocycles. The highest BCUT2D eigenvalue weighted by Crippen LogP contribution is 2.32. The molecule has 0 aromatic heterocycles. The molecule has 1 saturated heterocycles. The zero-order valence-corrected chi connectivity index (χ0v) is 29.5. The number of alkyl halides is 6. The Morgan fingerprint density at radius 3 is 1.98 bits per heavy atom. The predicted molar refractivity (Wildman–Crippen MR) is 195 cm³/mol. The second-order valence-electron chi connectivity index (χ2n) is 13.3. The van der Waals surface area contributed by atoms with Gasteiger partial charge in [-0.15, -0.1) is 0 Å². The summed E-state index contributed by atoms with van der Waals surface area (Å²) in [5, 5.41) is 0. The lowest BCUT2D eigenvalue weighted by Gasteiger charge is -2.40.